The fourth-order valence-electron chi connectivity index (χ4n) is 1.76. The number of hydrogen-bond acceptors (Lipinski definition) is 5. The maximum absolute atomic E-state index is 9.75. The Labute approximate surface area is 119 Å². The van der Waals surface area contributed by atoms with Crippen molar-refractivity contribution in [3.63, 3.8) is 0 Å². The van der Waals surface area contributed by atoms with E-state index in [1.807, 2.05) is 0 Å². The molecule has 1 heterocycles. The molecule has 1 N–H and O–H groups in total. The SMILES string of the molecule is CCSCCOP(O)(=S)OCCCC1CCCO1. The van der Waals surface area contributed by atoms with Crippen LogP contribution < -0.4 is 0 Å². The highest BCUT2D eigenvalue weighted by atomic mass is 32.5. The Hall–Kier alpha value is 0.840. The van der Waals surface area contributed by atoms with Crippen LogP contribution in [0.15, 0.2) is 0 Å². The molecule has 1 fully saturated rings. The molecule has 1 aliphatic heterocycles. The Morgan fingerprint density at radius 2 is 2.22 bits per heavy atom. The minimum absolute atomic E-state index is 0.368. The topological polar surface area (TPSA) is 47.9 Å². The van der Waals surface area contributed by atoms with Gasteiger partial charge in [0.15, 0.2) is 0 Å². The van der Waals surface area contributed by atoms with E-state index in [0.29, 0.717) is 19.3 Å². The molecule has 0 saturated carbocycles. The van der Waals surface area contributed by atoms with Crippen molar-refractivity contribution < 1.29 is 18.7 Å². The maximum Gasteiger partial charge on any atom is 0.324 e. The molecular formula is C11H23O4PS2. The van der Waals surface area contributed by atoms with Gasteiger partial charge in [-0.25, -0.2) is 0 Å². The summed E-state index contributed by atoms with van der Waals surface area (Å²) < 4.78 is 16.0. The molecule has 1 saturated heterocycles. The first-order valence-corrected chi connectivity index (χ1v) is 10.2. The second-order valence-electron chi connectivity index (χ2n) is 4.11. The van der Waals surface area contributed by atoms with E-state index in [0.717, 1.165) is 43.8 Å². The molecule has 0 aromatic heterocycles. The Balaban J connectivity index is 1.99. The largest absolute Gasteiger partial charge is 0.378 e. The highest BCUT2D eigenvalue weighted by molar-refractivity contribution is 8.07. The fraction of sp³-hybridized carbons (Fsp3) is 1.00. The molecule has 0 amide bonds. The second-order valence-corrected chi connectivity index (χ2v) is 8.34. The van der Waals surface area contributed by atoms with E-state index in [1.165, 1.54) is 0 Å². The Kier molecular flexibility index (Phi) is 9.10. The minimum atomic E-state index is -3.01. The Bertz CT molecular complexity index is 259. The van der Waals surface area contributed by atoms with E-state index < -0.39 is 6.72 Å². The van der Waals surface area contributed by atoms with Crippen LogP contribution in [0.3, 0.4) is 0 Å². The number of thioether (sulfide) groups is 1. The third-order valence-corrected chi connectivity index (χ3v) is 5.15. The summed E-state index contributed by atoms with van der Waals surface area (Å²) in [6.07, 6.45) is 4.49. The molecule has 0 aromatic carbocycles. The normalized spacial score (nSPS) is 23.1. The van der Waals surface area contributed by atoms with Crippen molar-refractivity contribution in [2.24, 2.45) is 0 Å². The van der Waals surface area contributed by atoms with E-state index in [-0.39, 0.29) is 0 Å². The summed E-state index contributed by atoms with van der Waals surface area (Å²) in [4.78, 5) is 9.75. The van der Waals surface area contributed by atoms with Crippen molar-refractivity contribution in [2.45, 2.75) is 38.7 Å². The van der Waals surface area contributed by atoms with Gasteiger partial charge in [-0.3, -0.25) is 0 Å². The zero-order chi connectivity index (χ0) is 13.3. The van der Waals surface area contributed by atoms with Crippen LogP contribution in [0, 0.1) is 0 Å². The molecule has 4 nitrogen and oxygen atoms in total. The summed E-state index contributed by atoms with van der Waals surface area (Å²) in [5.74, 6) is 1.88. The molecule has 0 bridgehead atoms. The van der Waals surface area contributed by atoms with Crippen LogP contribution in [-0.4, -0.2) is 42.3 Å². The van der Waals surface area contributed by atoms with Crippen LogP contribution >= 0.6 is 18.5 Å². The van der Waals surface area contributed by atoms with Gasteiger partial charge in [0.1, 0.15) is 0 Å². The molecule has 18 heavy (non-hydrogen) atoms. The van der Waals surface area contributed by atoms with Gasteiger partial charge in [-0.2, -0.15) is 11.8 Å². The first kappa shape index (κ1) is 16.9. The summed E-state index contributed by atoms with van der Waals surface area (Å²) in [7, 11) is 0. The lowest BCUT2D eigenvalue weighted by molar-refractivity contribution is 0.0963. The van der Waals surface area contributed by atoms with E-state index in [9.17, 15) is 4.89 Å². The zero-order valence-corrected chi connectivity index (χ0v) is 13.4. The third-order valence-electron chi connectivity index (χ3n) is 2.64. The standard InChI is InChI=1S/C11H23O4PS2/c1-2-18-10-9-15-16(12,17)14-8-4-6-11-5-3-7-13-11/h11H,2-10H2,1H3,(H,12,17). The van der Waals surface area contributed by atoms with Crippen molar-refractivity contribution in [3.05, 3.63) is 0 Å². The smallest absolute Gasteiger partial charge is 0.324 e. The van der Waals surface area contributed by atoms with Crippen LogP contribution in [0.25, 0.3) is 0 Å². The quantitative estimate of drug-likeness (QED) is 0.494. The van der Waals surface area contributed by atoms with E-state index >= 15 is 0 Å². The first-order valence-electron chi connectivity index (χ1n) is 6.45. The predicted molar refractivity (Wildman–Crippen MR) is 79.6 cm³/mol. The lowest BCUT2D eigenvalue weighted by atomic mass is 10.1. The van der Waals surface area contributed by atoms with Gasteiger partial charge in [0.2, 0.25) is 0 Å². The second kappa shape index (κ2) is 9.70. The molecule has 108 valence electrons. The molecule has 1 rings (SSSR count). The van der Waals surface area contributed by atoms with Gasteiger partial charge in [0.25, 0.3) is 0 Å². The van der Waals surface area contributed by atoms with Crippen molar-refractivity contribution in [1.29, 1.82) is 0 Å². The van der Waals surface area contributed by atoms with Gasteiger partial charge >= 0.3 is 6.72 Å². The number of rotatable bonds is 10. The van der Waals surface area contributed by atoms with Crippen molar-refractivity contribution in [2.75, 3.05) is 31.3 Å². The molecule has 2 atom stereocenters. The fourth-order valence-corrected chi connectivity index (χ4v) is 3.57. The molecular weight excluding hydrogens is 291 g/mol. The first-order chi connectivity index (χ1) is 8.64. The summed E-state index contributed by atoms with van der Waals surface area (Å²) in [5.41, 5.74) is 0. The minimum Gasteiger partial charge on any atom is -0.378 e. The highest BCUT2D eigenvalue weighted by Crippen LogP contribution is 2.43. The Morgan fingerprint density at radius 1 is 1.44 bits per heavy atom. The van der Waals surface area contributed by atoms with Gasteiger partial charge in [-0.05, 0) is 43.2 Å². The maximum atomic E-state index is 9.75. The molecule has 0 spiro atoms. The molecule has 2 unspecified atom stereocenters. The van der Waals surface area contributed by atoms with Crippen LogP contribution in [-0.2, 0) is 25.6 Å². The van der Waals surface area contributed by atoms with Crippen LogP contribution in [0.1, 0.15) is 32.6 Å². The average molecular weight is 314 g/mol. The predicted octanol–water partition coefficient (Wildman–Crippen LogP) is 2.95. The monoisotopic (exact) mass is 314 g/mol. The summed E-state index contributed by atoms with van der Waals surface area (Å²) in [5, 5.41) is 0. The van der Waals surface area contributed by atoms with Gasteiger partial charge < -0.3 is 18.7 Å². The number of hydrogen-bond donors (Lipinski definition) is 1. The lowest BCUT2D eigenvalue weighted by Gasteiger charge is -2.16. The zero-order valence-electron chi connectivity index (χ0n) is 10.9. The Morgan fingerprint density at radius 3 is 2.89 bits per heavy atom. The molecule has 0 aliphatic carbocycles. The van der Waals surface area contributed by atoms with Gasteiger partial charge in [0.05, 0.1) is 19.3 Å². The van der Waals surface area contributed by atoms with Crippen molar-refractivity contribution >= 4 is 30.3 Å². The van der Waals surface area contributed by atoms with E-state index in [1.54, 1.807) is 11.8 Å². The van der Waals surface area contributed by atoms with Crippen molar-refractivity contribution in [1.82, 2.24) is 0 Å². The summed E-state index contributed by atoms with van der Waals surface area (Å²) >= 11 is 6.68. The van der Waals surface area contributed by atoms with Crippen LogP contribution in [0.5, 0.6) is 0 Å². The van der Waals surface area contributed by atoms with Gasteiger partial charge in [-0.1, -0.05) is 6.92 Å². The summed E-state index contributed by atoms with van der Waals surface area (Å²) in [6.45, 7) is 0.856. The van der Waals surface area contributed by atoms with E-state index in [4.69, 9.17) is 25.6 Å². The molecule has 7 heteroatoms. The molecule has 0 radical (unpaired) electrons. The van der Waals surface area contributed by atoms with Gasteiger partial charge in [-0.15, -0.1) is 0 Å². The van der Waals surface area contributed by atoms with Crippen molar-refractivity contribution in [3.8, 4) is 0 Å². The van der Waals surface area contributed by atoms with E-state index in [2.05, 4.69) is 6.92 Å². The lowest BCUT2D eigenvalue weighted by Crippen LogP contribution is -2.07. The van der Waals surface area contributed by atoms with Crippen LogP contribution in [0.4, 0.5) is 0 Å². The number of ether oxygens (including phenoxy) is 1. The molecule has 0 aromatic rings. The average Bonchev–Trinajstić information content (AvgIpc) is 2.83. The molecule has 1 aliphatic rings. The van der Waals surface area contributed by atoms with Crippen LogP contribution in [0.2, 0.25) is 0 Å². The highest BCUT2D eigenvalue weighted by Gasteiger charge is 2.17. The third kappa shape index (κ3) is 8.10. The summed E-state index contributed by atoms with van der Waals surface area (Å²) in [6, 6.07) is 0. The van der Waals surface area contributed by atoms with Gasteiger partial charge in [0, 0.05) is 12.4 Å².